The van der Waals surface area contributed by atoms with Gasteiger partial charge in [-0.3, -0.25) is 0 Å². The van der Waals surface area contributed by atoms with Gasteiger partial charge in [0.25, 0.3) is 6.71 Å². The molecule has 278 valence electrons. The molecule has 0 radical (unpaired) electrons. The third-order valence-corrected chi connectivity index (χ3v) is 13.5. The van der Waals surface area contributed by atoms with E-state index in [0.717, 1.165) is 45.6 Å². The van der Waals surface area contributed by atoms with Crippen LogP contribution in [0.25, 0.3) is 0 Å². The molecule has 0 bridgehead atoms. The Hall–Kier alpha value is -7.49. The van der Waals surface area contributed by atoms with E-state index in [0.29, 0.717) is 0 Å². The van der Waals surface area contributed by atoms with Gasteiger partial charge in [-0.25, -0.2) is 0 Å². The lowest BCUT2D eigenvalue weighted by Gasteiger charge is -2.50. The summed E-state index contributed by atoms with van der Waals surface area (Å²) < 4.78 is 6.77. The van der Waals surface area contributed by atoms with Gasteiger partial charge in [-0.05, 0) is 93.8 Å². The van der Waals surface area contributed by atoms with E-state index in [4.69, 9.17) is 4.74 Å². The number of para-hydroxylation sites is 6. The van der Waals surface area contributed by atoms with Gasteiger partial charge in [-0.1, -0.05) is 180 Å². The number of hydrogen-bond donors (Lipinski definition) is 0. The minimum Gasteiger partial charge on any atom is -0.458 e. The van der Waals surface area contributed by atoms with Crippen molar-refractivity contribution in [3.8, 4) is 11.5 Å². The van der Waals surface area contributed by atoms with Crippen molar-refractivity contribution in [3.05, 3.63) is 241 Å². The second kappa shape index (κ2) is 12.8. The number of anilines is 6. The SMILES string of the molecule is c1ccc(N2c3ccccc3N(c3ccc(B4c5ccccc5C5(c6ccccc64)c4ccccc4B4c6ccccc6Oc6cccc5c64)cc3)c3ccccc32)cc1. The van der Waals surface area contributed by atoms with E-state index in [9.17, 15) is 0 Å². The van der Waals surface area contributed by atoms with Gasteiger partial charge in [0.15, 0.2) is 0 Å². The molecule has 4 heterocycles. The van der Waals surface area contributed by atoms with Crippen LogP contribution < -0.4 is 47.3 Å². The van der Waals surface area contributed by atoms with E-state index in [1.807, 2.05) is 0 Å². The van der Waals surface area contributed by atoms with E-state index in [1.165, 1.54) is 55.0 Å². The van der Waals surface area contributed by atoms with Crippen LogP contribution in [0, 0.1) is 0 Å². The highest BCUT2D eigenvalue weighted by Gasteiger charge is 2.54. The molecule has 0 fully saturated rings. The molecule has 9 aromatic carbocycles. The van der Waals surface area contributed by atoms with Crippen LogP contribution in [-0.2, 0) is 5.41 Å². The molecular weight excluding hydrogens is 726 g/mol. The lowest BCUT2D eigenvalue weighted by Crippen LogP contribution is -2.68. The third-order valence-electron chi connectivity index (χ3n) is 13.5. The number of nitrogens with zero attached hydrogens (tertiary/aromatic N) is 2. The van der Waals surface area contributed by atoms with E-state index in [1.54, 1.807) is 0 Å². The maximum absolute atomic E-state index is 6.77. The zero-order valence-electron chi connectivity index (χ0n) is 32.7. The van der Waals surface area contributed by atoms with Gasteiger partial charge in [-0.2, -0.15) is 0 Å². The van der Waals surface area contributed by atoms with Crippen LogP contribution in [0.1, 0.15) is 22.3 Å². The second-order valence-corrected chi connectivity index (χ2v) is 16.3. The summed E-state index contributed by atoms with van der Waals surface area (Å²) in [5.74, 6) is 1.89. The third kappa shape index (κ3) is 4.47. The van der Waals surface area contributed by atoms with Gasteiger partial charge >= 0.3 is 0 Å². The van der Waals surface area contributed by atoms with Crippen molar-refractivity contribution in [2.75, 3.05) is 9.80 Å². The minimum absolute atomic E-state index is 0.0352. The topological polar surface area (TPSA) is 15.7 Å². The van der Waals surface area contributed by atoms with Gasteiger partial charge < -0.3 is 14.5 Å². The molecule has 0 aliphatic carbocycles. The number of benzene rings is 9. The lowest BCUT2D eigenvalue weighted by atomic mass is 9.26. The fourth-order valence-electron chi connectivity index (χ4n) is 11.2. The first-order valence-corrected chi connectivity index (χ1v) is 20.9. The molecule has 4 aliphatic heterocycles. The zero-order chi connectivity index (χ0) is 39.4. The minimum atomic E-state index is -0.538. The Balaban J connectivity index is 0.988. The van der Waals surface area contributed by atoms with Crippen LogP contribution in [0.5, 0.6) is 11.5 Å². The molecule has 1 spiro atoms. The van der Waals surface area contributed by atoms with E-state index >= 15 is 0 Å². The van der Waals surface area contributed by atoms with Crippen molar-refractivity contribution in [2.45, 2.75) is 5.41 Å². The summed E-state index contributed by atoms with van der Waals surface area (Å²) in [5, 5.41) is 0. The molecule has 0 saturated heterocycles. The molecule has 60 heavy (non-hydrogen) atoms. The molecule has 0 N–H and O–H groups in total. The van der Waals surface area contributed by atoms with Crippen molar-refractivity contribution >= 4 is 80.3 Å². The molecule has 0 saturated carbocycles. The number of ether oxygens (including phenoxy) is 1. The summed E-state index contributed by atoms with van der Waals surface area (Å²) in [6.45, 7) is 0.116. The summed E-state index contributed by atoms with van der Waals surface area (Å²) in [4.78, 5) is 4.79. The van der Waals surface area contributed by atoms with Gasteiger partial charge in [0.05, 0.1) is 28.2 Å². The molecule has 0 amide bonds. The summed E-state index contributed by atoms with van der Waals surface area (Å²) in [6, 6.07) is 80.4. The number of hydrogen-bond acceptors (Lipinski definition) is 3. The van der Waals surface area contributed by atoms with Crippen molar-refractivity contribution in [1.29, 1.82) is 0 Å². The summed E-state index contributed by atoms with van der Waals surface area (Å²) in [7, 11) is 0. The van der Waals surface area contributed by atoms with E-state index in [-0.39, 0.29) is 13.4 Å². The Bertz CT molecular complexity index is 3090. The van der Waals surface area contributed by atoms with Crippen LogP contribution in [0.2, 0.25) is 0 Å². The van der Waals surface area contributed by atoms with Gasteiger partial charge in [0.1, 0.15) is 11.5 Å². The molecule has 3 nitrogen and oxygen atoms in total. The molecule has 0 aromatic heterocycles. The highest BCUT2D eigenvalue weighted by molar-refractivity contribution is 6.99. The highest BCUT2D eigenvalue weighted by Crippen LogP contribution is 2.54. The molecule has 0 atom stereocenters. The first-order valence-electron chi connectivity index (χ1n) is 20.9. The maximum Gasteiger partial charge on any atom is 0.251 e. The van der Waals surface area contributed by atoms with Crippen LogP contribution >= 0.6 is 0 Å². The van der Waals surface area contributed by atoms with E-state index < -0.39 is 5.41 Å². The quantitative estimate of drug-likeness (QED) is 0.167. The molecular formula is C55H36B2N2O. The van der Waals surface area contributed by atoms with Crippen molar-refractivity contribution in [3.63, 3.8) is 0 Å². The molecule has 13 rings (SSSR count). The monoisotopic (exact) mass is 762 g/mol. The zero-order valence-corrected chi connectivity index (χ0v) is 32.7. The summed E-state index contributed by atoms with van der Waals surface area (Å²) in [5.41, 5.74) is 19.4. The predicted molar refractivity (Wildman–Crippen MR) is 250 cm³/mol. The molecule has 0 unspecified atom stereocenters. The highest BCUT2D eigenvalue weighted by atomic mass is 16.5. The molecule has 5 heteroatoms. The molecule has 9 aromatic rings. The smallest absolute Gasteiger partial charge is 0.251 e. The van der Waals surface area contributed by atoms with Gasteiger partial charge in [0, 0.05) is 11.4 Å². The Morgan fingerprint density at radius 2 is 0.733 bits per heavy atom. The van der Waals surface area contributed by atoms with Crippen LogP contribution in [0.3, 0.4) is 0 Å². The average molecular weight is 763 g/mol. The summed E-state index contributed by atoms with van der Waals surface area (Å²) >= 11 is 0. The Morgan fingerprint density at radius 3 is 1.30 bits per heavy atom. The Kier molecular flexibility index (Phi) is 7.12. The van der Waals surface area contributed by atoms with E-state index in [2.05, 4.69) is 228 Å². The van der Waals surface area contributed by atoms with Crippen LogP contribution in [0.15, 0.2) is 218 Å². The first kappa shape index (κ1) is 33.5. The van der Waals surface area contributed by atoms with Crippen LogP contribution in [0.4, 0.5) is 34.1 Å². The average Bonchev–Trinajstić information content (AvgIpc) is 3.32. The normalized spacial score (nSPS) is 14.5. The van der Waals surface area contributed by atoms with Gasteiger partial charge in [0.2, 0.25) is 6.71 Å². The Labute approximate surface area is 351 Å². The maximum atomic E-state index is 6.77. The first-order chi connectivity index (χ1) is 29.8. The fraction of sp³-hybridized carbons (Fsp3) is 0.0182. The van der Waals surface area contributed by atoms with Crippen molar-refractivity contribution in [1.82, 2.24) is 0 Å². The second-order valence-electron chi connectivity index (χ2n) is 16.3. The number of rotatable bonds is 3. The standard InChI is InChI=1S/C55H36B2N2O/c1-2-17-38(18-3-1)58-48-27-11-13-29-50(48)59(51-30-14-12-28-49(51)58)39-35-33-37(34-36-39)56-44-23-7-4-19-40(44)55(41-20-5-8-24-45(41)56)42-21-6-9-25-46(42)57-47-26-10-15-31-52(47)60-53-32-16-22-43(55)54(53)57/h1-36H. The predicted octanol–water partition coefficient (Wildman–Crippen LogP) is 9.09. The van der Waals surface area contributed by atoms with Crippen LogP contribution in [-0.4, -0.2) is 13.4 Å². The fourth-order valence-corrected chi connectivity index (χ4v) is 11.2. The molecule has 4 aliphatic rings. The Morgan fingerprint density at radius 1 is 0.317 bits per heavy atom. The largest absolute Gasteiger partial charge is 0.458 e. The lowest BCUT2D eigenvalue weighted by molar-refractivity contribution is 0.486. The van der Waals surface area contributed by atoms with Crippen molar-refractivity contribution in [2.24, 2.45) is 0 Å². The van der Waals surface area contributed by atoms with Gasteiger partial charge in [-0.15, -0.1) is 0 Å². The van der Waals surface area contributed by atoms with Crippen molar-refractivity contribution < 1.29 is 4.74 Å². The number of fused-ring (bicyclic) bond motifs is 12. The summed E-state index contributed by atoms with van der Waals surface area (Å²) in [6.07, 6.45) is 0.